The molecule has 9 rings (SSSR count). The molecule has 0 unspecified atom stereocenters. The van der Waals surface area contributed by atoms with Crippen molar-refractivity contribution in [2.24, 2.45) is 13.0 Å². The molecule has 430 valence electrons. The summed E-state index contributed by atoms with van der Waals surface area (Å²) in [4.78, 5) is 69.5. The maximum Gasteiger partial charge on any atom is 0.263 e. The van der Waals surface area contributed by atoms with Gasteiger partial charge in [0.15, 0.2) is 23.0 Å². The van der Waals surface area contributed by atoms with Crippen LogP contribution in [0.3, 0.4) is 0 Å². The van der Waals surface area contributed by atoms with Crippen LogP contribution in [0.4, 0.5) is 0 Å². The highest BCUT2D eigenvalue weighted by Gasteiger charge is 2.30. The highest BCUT2D eigenvalue weighted by atomic mass is 35.5. The summed E-state index contributed by atoms with van der Waals surface area (Å²) in [6.45, 7) is 8.81. The predicted molar refractivity (Wildman–Crippen MR) is 321 cm³/mol. The number of hydrogen-bond donors (Lipinski definition) is 7. The van der Waals surface area contributed by atoms with Crippen LogP contribution in [0.2, 0.25) is 40.2 Å². The van der Waals surface area contributed by atoms with Crippen LogP contribution in [0.1, 0.15) is 69.4 Å². The number of rotatable bonds is 13. The zero-order chi connectivity index (χ0) is 59.3. The third-order valence-corrected chi connectivity index (χ3v) is 14.6. The van der Waals surface area contributed by atoms with Crippen LogP contribution in [-0.2, 0) is 46.3 Å². The summed E-state index contributed by atoms with van der Waals surface area (Å²) in [5.74, 6) is 1.60. The Labute approximate surface area is 498 Å². The van der Waals surface area contributed by atoms with E-state index in [0.717, 1.165) is 19.3 Å². The minimum atomic E-state index is -0.317. The van der Waals surface area contributed by atoms with Gasteiger partial charge in [-0.3, -0.25) is 37.4 Å². The monoisotopic (exact) mass is 1260 g/mol. The third kappa shape index (κ3) is 13.7. The zero-order valence-corrected chi connectivity index (χ0v) is 50.8. The Morgan fingerprint density at radius 2 is 0.887 bits per heavy atom. The van der Waals surface area contributed by atoms with Gasteiger partial charge in [-0.25, -0.2) is 19.9 Å². The van der Waals surface area contributed by atoms with E-state index in [-0.39, 0.29) is 141 Å². The maximum atomic E-state index is 12.8. The number of phenols is 4. The average molecular weight is 1260 g/mol. The number of aromatic hydroxyl groups is 4. The number of benzene rings is 4. The van der Waals surface area contributed by atoms with Crippen molar-refractivity contribution in [3.63, 3.8) is 0 Å². The van der Waals surface area contributed by atoms with E-state index in [2.05, 4.69) is 35.9 Å². The first kappa shape index (κ1) is 64.0. The van der Waals surface area contributed by atoms with Gasteiger partial charge in [0, 0.05) is 26.2 Å². The Morgan fingerprint density at radius 3 is 1.27 bits per heavy atom. The molecule has 0 radical (unpaired) electrons. The van der Waals surface area contributed by atoms with Crippen molar-refractivity contribution >= 4 is 136 Å². The second kappa shape index (κ2) is 27.3. The Kier molecular flexibility index (Phi) is 21.8. The number of aromatic nitrogens is 8. The molecule has 0 aliphatic heterocycles. The van der Waals surface area contributed by atoms with Gasteiger partial charge in [0.05, 0.1) is 87.9 Å². The molecule has 8 aromatic rings. The molecule has 1 fully saturated rings. The molecule has 0 amide bonds. The van der Waals surface area contributed by atoms with Crippen LogP contribution in [0.25, 0.3) is 43.6 Å². The number of fused-ring (bicyclic) bond motifs is 4. The summed E-state index contributed by atoms with van der Waals surface area (Å²) < 4.78 is 6.24. The molecule has 0 atom stereocenters. The molecule has 0 saturated heterocycles. The van der Waals surface area contributed by atoms with Crippen molar-refractivity contribution in [3.8, 4) is 23.0 Å². The van der Waals surface area contributed by atoms with Gasteiger partial charge in [-0.15, -0.1) is 0 Å². The lowest BCUT2D eigenvalue weighted by atomic mass is 10.2. The quantitative estimate of drug-likeness (QED) is 0.0567. The minimum absolute atomic E-state index is 0.0728. The van der Waals surface area contributed by atoms with Crippen molar-refractivity contribution in [1.82, 2.24) is 59.1 Å². The first-order valence-corrected chi connectivity index (χ1v) is 27.7. The second-order valence-electron chi connectivity index (χ2n) is 19.1. The van der Waals surface area contributed by atoms with Crippen LogP contribution in [-0.4, -0.2) is 98.8 Å². The van der Waals surface area contributed by atoms with E-state index < -0.39 is 0 Å². The molecule has 4 aromatic heterocycles. The van der Waals surface area contributed by atoms with Gasteiger partial charge in [0.1, 0.15) is 45.4 Å². The lowest BCUT2D eigenvalue weighted by Gasteiger charge is -2.18. The highest BCUT2D eigenvalue weighted by molar-refractivity contribution is 6.41. The SMILES string of the molecule is CC(C)Cn1c(CN(C)C)nc2c(O)c(Cl)cc(Cl)c2c1=O.CCCn1c(CNC)nc2c(O)c(Cl)cc(Cl)c2c1=O.CNCc1nc2c(O)c(Cl)cc(Cl)c2c(=O)n1C.CNCc1nc2c(O)c(Cl)cc(Cl)c2c(=O)n1C1CC1. The Morgan fingerprint density at radius 1 is 0.537 bits per heavy atom. The van der Waals surface area contributed by atoms with Gasteiger partial charge in [0.25, 0.3) is 22.2 Å². The van der Waals surface area contributed by atoms with Crippen LogP contribution in [0.15, 0.2) is 43.4 Å². The molecule has 7 N–H and O–H groups in total. The summed E-state index contributed by atoms with van der Waals surface area (Å²) in [7, 11) is 10.7. The van der Waals surface area contributed by atoms with Crippen molar-refractivity contribution in [2.75, 3.05) is 35.2 Å². The summed E-state index contributed by atoms with van der Waals surface area (Å²) in [6.07, 6.45) is 2.71. The number of phenolic OH excluding ortho intramolecular Hbond substituents is 4. The molecular weight excluding hydrogens is 1200 g/mol. The summed E-state index contributed by atoms with van der Waals surface area (Å²) >= 11 is 47.8. The van der Waals surface area contributed by atoms with Gasteiger partial charge >= 0.3 is 0 Å². The standard InChI is InChI=1S/C15H19Cl2N3O2.C13H13Cl2N3O2.C13H15Cl2N3O2.C11H11Cl2N3O2/c1-8(2)6-20-11(7-19(3)4)18-13-12(15(20)22)9(16)5-10(17)14(13)21;1-16-5-9-17-11-10(7(14)4-8(15)12(11)19)13(20)18(9)6-2-3-6;1-3-4-18-9(6-16-2)17-11-10(13(18)20)7(14)5-8(15)12(11)19;1-14-4-7-15-9-8(11(18)16(7)2)5(12)3-6(13)10(9)17/h5,8,21H,6-7H2,1-4H3;4,6,16,19H,2-3,5H2,1H3;5,16,19H,3-4,6H2,1-2H3;3,14,17H,4H2,1-2H3. The topological polar surface area (TPSA) is 260 Å². The first-order chi connectivity index (χ1) is 37.7. The predicted octanol–water partition coefficient (Wildman–Crippen LogP) is 9.79. The zero-order valence-electron chi connectivity index (χ0n) is 44.8. The fourth-order valence-corrected chi connectivity index (χ4v) is 10.6. The largest absolute Gasteiger partial charge is 0.504 e. The molecule has 80 heavy (non-hydrogen) atoms. The van der Waals surface area contributed by atoms with E-state index in [1.807, 2.05) is 39.8 Å². The summed E-state index contributed by atoms with van der Waals surface area (Å²) in [6, 6.07) is 5.62. The summed E-state index contributed by atoms with van der Waals surface area (Å²) in [5.41, 5.74) is -0.478. The fraction of sp³-hybridized carbons (Fsp3) is 0.385. The molecule has 1 aliphatic carbocycles. The van der Waals surface area contributed by atoms with Crippen LogP contribution in [0, 0.1) is 5.92 Å². The van der Waals surface area contributed by atoms with Gasteiger partial charge in [-0.1, -0.05) is 114 Å². The molecule has 20 nitrogen and oxygen atoms in total. The molecule has 1 saturated carbocycles. The summed E-state index contributed by atoms with van der Waals surface area (Å²) in [5, 5.41) is 50.7. The van der Waals surface area contributed by atoms with Gasteiger partial charge < -0.3 is 41.3 Å². The van der Waals surface area contributed by atoms with Gasteiger partial charge in [-0.2, -0.15) is 0 Å². The van der Waals surface area contributed by atoms with Crippen molar-refractivity contribution in [3.05, 3.63) is 129 Å². The van der Waals surface area contributed by atoms with Gasteiger partial charge in [-0.05, 0) is 84.7 Å². The Bertz CT molecular complexity index is 3920. The van der Waals surface area contributed by atoms with Crippen LogP contribution in [0.5, 0.6) is 23.0 Å². The number of nitrogens with one attached hydrogen (secondary N) is 3. The van der Waals surface area contributed by atoms with E-state index in [9.17, 15) is 39.6 Å². The molecule has 4 heterocycles. The van der Waals surface area contributed by atoms with Crippen LogP contribution < -0.4 is 38.2 Å². The van der Waals surface area contributed by atoms with E-state index in [4.69, 9.17) is 92.8 Å². The van der Waals surface area contributed by atoms with E-state index in [0.29, 0.717) is 62.6 Å². The Hall–Kier alpha value is -5.20. The normalized spacial score (nSPS) is 12.3. The lowest BCUT2D eigenvalue weighted by molar-refractivity contribution is 0.367. The highest BCUT2D eigenvalue weighted by Crippen LogP contribution is 2.40. The van der Waals surface area contributed by atoms with E-state index in [1.165, 1.54) is 28.8 Å². The number of nitrogens with zero attached hydrogens (tertiary/aromatic N) is 9. The number of hydrogen-bond acceptors (Lipinski definition) is 16. The van der Waals surface area contributed by atoms with Gasteiger partial charge in [0.2, 0.25) is 0 Å². The fourth-order valence-electron chi connectivity index (χ4n) is 8.44. The van der Waals surface area contributed by atoms with E-state index in [1.54, 1.807) is 41.9 Å². The second-order valence-corrected chi connectivity index (χ2v) is 22.4. The van der Waals surface area contributed by atoms with Crippen molar-refractivity contribution < 1.29 is 20.4 Å². The Balaban J connectivity index is 0.000000172. The molecular formula is C52H58Cl8N12O8. The van der Waals surface area contributed by atoms with Crippen LogP contribution >= 0.6 is 92.8 Å². The van der Waals surface area contributed by atoms with E-state index >= 15 is 0 Å². The average Bonchev–Trinajstić information content (AvgIpc) is 4.23. The molecule has 28 heteroatoms. The molecule has 0 spiro atoms. The first-order valence-electron chi connectivity index (χ1n) is 24.7. The maximum absolute atomic E-state index is 12.8. The minimum Gasteiger partial charge on any atom is -0.504 e. The number of halogens is 8. The molecule has 0 bridgehead atoms. The smallest absolute Gasteiger partial charge is 0.263 e. The third-order valence-electron chi connectivity index (χ3n) is 12.2. The van der Waals surface area contributed by atoms with Crippen molar-refractivity contribution in [2.45, 2.75) is 85.3 Å². The molecule has 1 aliphatic rings. The molecule has 4 aromatic carbocycles. The van der Waals surface area contributed by atoms with Crippen molar-refractivity contribution in [1.29, 1.82) is 0 Å². The lowest BCUT2D eigenvalue weighted by Crippen LogP contribution is -2.30.